The maximum atomic E-state index is 6.37. The fourth-order valence-corrected chi connectivity index (χ4v) is 6.56. The highest BCUT2D eigenvalue weighted by atomic mass is 16.5. The molecule has 3 heteroatoms. The molecule has 2 aliphatic rings. The average molecular weight is 543 g/mol. The number of para-hydroxylation sites is 1. The van der Waals surface area contributed by atoms with Crippen molar-refractivity contribution in [1.29, 1.82) is 0 Å². The third kappa shape index (κ3) is 3.93. The van der Waals surface area contributed by atoms with Gasteiger partial charge in [-0.05, 0) is 40.5 Å². The SMILES string of the molecule is CC1(C)c2ccccc2Oc2cccc(-c3ccc(C4C=Cc5ccc6ccc(-c7ccccc7)nc6c5N4)cc3)c21. The van der Waals surface area contributed by atoms with Gasteiger partial charge in [0, 0.05) is 27.5 Å². The van der Waals surface area contributed by atoms with Gasteiger partial charge in [0.25, 0.3) is 0 Å². The molecule has 0 saturated heterocycles. The van der Waals surface area contributed by atoms with Crippen LogP contribution in [0.15, 0.2) is 127 Å². The highest BCUT2D eigenvalue weighted by molar-refractivity contribution is 5.97. The smallest absolute Gasteiger partial charge is 0.132 e. The third-order valence-corrected chi connectivity index (χ3v) is 8.74. The van der Waals surface area contributed by atoms with Gasteiger partial charge in [-0.3, -0.25) is 0 Å². The van der Waals surface area contributed by atoms with Gasteiger partial charge in [-0.15, -0.1) is 0 Å². The summed E-state index contributed by atoms with van der Waals surface area (Å²) >= 11 is 0. The molecule has 0 fully saturated rings. The predicted octanol–water partition coefficient (Wildman–Crippen LogP) is 10.2. The lowest BCUT2D eigenvalue weighted by atomic mass is 9.73. The molecule has 5 aromatic carbocycles. The first kappa shape index (κ1) is 24.6. The van der Waals surface area contributed by atoms with Gasteiger partial charge in [0.1, 0.15) is 11.5 Å². The Bertz CT molecular complexity index is 2010. The lowest BCUT2D eigenvalue weighted by Gasteiger charge is -2.36. The van der Waals surface area contributed by atoms with Gasteiger partial charge in [-0.25, -0.2) is 4.98 Å². The predicted molar refractivity (Wildman–Crippen MR) is 173 cm³/mol. The van der Waals surface area contributed by atoms with Crippen molar-refractivity contribution in [3.63, 3.8) is 0 Å². The third-order valence-electron chi connectivity index (χ3n) is 8.74. The number of hydrogen-bond acceptors (Lipinski definition) is 3. The van der Waals surface area contributed by atoms with Crippen LogP contribution in [0.25, 0.3) is 39.4 Å². The number of nitrogens with one attached hydrogen (secondary N) is 1. The zero-order valence-electron chi connectivity index (χ0n) is 23.6. The minimum atomic E-state index is -0.177. The highest BCUT2D eigenvalue weighted by Gasteiger charge is 2.36. The summed E-state index contributed by atoms with van der Waals surface area (Å²) in [5.41, 5.74) is 11.2. The molecule has 42 heavy (non-hydrogen) atoms. The summed E-state index contributed by atoms with van der Waals surface area (Å²) < 4.78 is 6.37. The van der Waals surface area contributed by atoms with Gasteiger partial charge in [0.15, 0.2) is 0 Å². The van der Waals surface area contributed by atoms with E-state index in [1.807, 2.05) is 12.1 Å². The fraction of sp³-hybridized carbons (Fsp3) is 0.103. The van der Waals surface area contributed by atoms with Crippen LogP contribution in [0.4, 0.5) is 5.69 Å². The van der Waals surface area contributed by atoms with E-state index in [9.17, 15) is 0 Å². The number of pyridine rings is 1. The first-order valence-corrected chi connectivity index (χ1v) is 14.5. The number of rotatable bonds is 3. The van der Waals surface area contributed by atoms with E-state index < -0.39 is 0 Å². The van der Waals surface area contributed by atoms with Gasteiger partial charge in [-0.1, -0.05) is 129 Å². The second kappa shape index (κ2) is 9.46. The van der Waals surface area contributed by atoms with Crippen molar-refractivity contribution in [1.82, 2.24) is 4.98 Å². The molecule has 3 heterocycles. The summed E-state index contributed by atoms with van der Waals surface area (Å²) in [6.45, 7) is 4.58. The van der Waals surface area contributed by atoms with E-state index in [0.717, 1.165) is 44.9 Å². The van der Waals surface area contributed by atoms with Crippen LogP contribution in [0.1, 0.15) is 42.1 Å². The van der Waals surface area contributed by atoms with Crippen LogP contribution in [0, 0.1) is 0 Å². The first-order chi connectivity index (χ1) is 20.6. The summed E-state index contributed by atoms with van der Waals surface area (Å²) in [5, 5.41) is 4.93. The van der Waals surface area contributed by atoms with Gasteiger partial charge in [0.05, 0.1) is 22.9 Å². The molecule has 202 valence electrons. The first-order valence-electron chi connectivity index (χ1n) is 14.5. The summed E-state index contributed by atoms with van der Waals surface area (Å²) in [5.74, 6) is 1.87. The van der Waals surface area contributed by atoms with Gasteiger partial charge in [-0.2, -0.15) is 0 Å². The highest BCUT2D eigenvalue weighted by Crippen LogP contribution is 2.51. The molecule has 8 rings (SSSR count). The second-order valence-corrected chi connectivity index (χ2v) is 11.7. The van der Waals surface area contributed by atoms with Crippen molar-refractivity contribution in [2.75, 3.05) is 5.32 Å². The van der Waals surface area contributed by atoms with Gasteiger partial charge in [0.2, 0.25) is 0 Å². The molecule has 0 aliphatic carbocycles. The maximum Gasteiger partial charge on any atom is 0.132 e. The number of fused-ring (bicyclic) bond motifs is 5. The molecule has 2 aliphatic heterocycles. The molecular weight excluding hydrogens is 512 g/mol. The Labute approximate surface area is 246 Å². The zero-order chi connectivity index (χ0) is 28.3. The van der Waals surface area contributed by atoms with Crippen LogP contribution < -0.4 is 10.1 Å². The minimum absolute atomic E-state index is 0.0515. The zero-order valence-corrected chi connectivity index (χ0v) is 23.6. The van der Waals surface area contributed by atoms with Crippen molar-refractivity contribution in [3.05, 3.63) is 150 Å². The number of aromatic nitrogens is 1. The second-order valence-electron chi connectivity index (χ2n) is 11.7. The van der Waals surface area contributed by atoms with Crippen LogP contribution in [0.3, 0.4) is 0 Å². The topological polar surface area (TPSA) is 34.1 Å². The summed E-state index contributed by atoms with van der Waals surface area (Å²) in [4.78, 5) is 5.10. The van der Waals surface area contributed by atoms with Gasteiger partial charge < -0.3 is 10.1 Å². The molecule has 0 amide bonds. The molecule has 1 unspecified atom stereocenters. The Morgan fingerprint density at radius 3 is 2.31 bits per heavy atom. The molecule has 0 radical (unpaired) electrons. The molecule has 1 N–H and O–H groups in total. The molecule has 0 saturated carbocycles. The molecular formula is C39H30N2O. The number of nitrogens with zero attached hydrogens (tertiary/aromatic N) is 1. The van der Waals surface area contributed by atoms with Crippen LogP contribution in [-0.4, -0.2) is 4.98 Å². The van der Waals surface area contributed by atoms with Crippen LogP contribution in [-0.2, 0) is 5.41 Å². The standard InChI is InChI=1S/C39H30N2O/c1-39(2)31-12-6-7-13-34(31)42-35-14-8-11-30(36(35)39)25-15-17-27(18-16-25)33-24-22-29-20-19-28-21-23-32(26-9-4-3-5-10-26)40-37(28)38(29)41-33/h3-24,33,41H,1-2H3. The quantitative estimate of drug-likeness (QED) is 0.242. The maximum absolute atomic E-state index is 6.37. The van der Waals surface area contributed by atoms with E-state index in [4.69, 9.17) is 9.72 Å². The minimum Gasteiger partial charge on any atom is -0.457 e. The molecule has 6 aromatic rings. The summed E-state index contributed by atoms with van der Waals surface area (Å²) in [7, 11) is 0. The Morgan fingerprint density at radius 2 is 1.45 bits per heavy atom. The number of anilines is 1. The van der Waals surface area contributed by atoms with Crippen LogP contribution >= 0.6 is 0 Å². The van der Waals surface area contributed by atoms with Crippen molar-refractivity contribution in [2.45, 2.75) is 25.3 Å². The van der Waals surface area contributed by atoms with Crippen molar-refractivity contribution < 1.29 is 4.74 Å². The summed E-state index contributed by atoms with van der Waals surface area (Å²) in [6, 6.07) is 42.7. The van der Waals surface area contributed by atoms with Gasteiger partial charge >= 0.3 is 0 Å². The number of hydrogen-bond donors (Lipinski definition) is 1. The normalized spacial score (nSPS) is 16.1. The van der Waals surface area contributed by atoms with E-state index >= 15 is 0 Å². The number of benzene rings is 5. The Morgan fingerprint density at radius 1 is 0.690 bits per heavy atom. The summed E-state index contributed by atoms with van der Waals surface area (Å²) in [6.07, 6.45) is 4.45. The Hall–Kier alpha value is -5.15. The Kier molecular flexibility index (Phi) is 5.55. The van der Waals surface area contributed by atoms with E-state index in [-0.39, 0.29) is 11.5 Å². The van der Waals surface area contributed by atoms with E-state index in [2.05, 4.69) is 141 Å². The molecule has 1 aromatic heterocycles. The molecule has 3 nitrogen and oxygen atoms in total. The van der Waals surface area contributed by atoms with Crippen LogP contribution in [0.2, 0.25) is 0 Å². The van der Waals surface area contributed by atoms with Crippen molar-refractivity contribution in [3.8, 4) is 33.9 Å². The van der Waals surface area contributed by atoms with E-state index in [1.165, 1.54) is 27.8 Å². The number of ether oxygens (including phenoxy) is 1. The van der Waals surface area contributed by atoms with Crippen molar-refractivity contribution >= 4 is 22.7 Å². The Balaban J connectivity index is 1.13. The van der Waals surface area contributed by atoms with E-state index in [0.29, 0.717) is 0 Å². The lowest BCUT2D eigenvalue weighted by Crippen LogP contribution is -2.25. The largest absolute Gasteiger partial charge is 0.457 e. The monoisotopic (exact) mass is 542 g/mol. The average Bonchev–Trinajstić information content (AvgIpc) is 3.04. The van der Waals surface area contributed by atoms with E-state index in [1.54, 1.807) is 0 Å². The van der Waals surface area contributed by atoms with Crippen LogP contribution in [0.5, 0.6) is 11.5 Å². The molecule has 1 atom stereocenters. The lowest BCUT2D eigenvalue weighted by molar-refractivity contribution is 0.419. The molecule has 0 spiro atoms. The van der Waals surface area contributed by atoms with Crippen molar-refractivity contribution in [2.24, 2.45) is 0 Å². The fourth-order valence-electron chi connectivity index (χ4n) is 6.56. The molecule has 0 bridgehead atoms.